The average molecular weight is 294 g/mol. The van der Waals surface area contributed by atoms with Crippen molar-refractivity contribution in [3.05, 3.63) is 83.1 Å². The standard InChI is InChI=1S/C18H18N2O2/c1-15(18(19-21)17-12-6-3-7-13-17)20(22)14-8-11-16-9-4-2-5-10-16/h2-15,21H,1H3/b11-8+,19-18-,20-14-. The Morgan fingerprint density at radius 2 is 1.68 bits per heavy atom. The molecule has 0 fully saturated rings. The largest absolute Gasteiger partial charge is 0.623 e. The lowest BCUT2D eigenvalue weighted by atomic mass is 10.1. The highest BCUT2D eigenvalue weighted by molar-refractivity contribution is 6.03. The Bertz CT molecular complexity index is 677. The number of hydrogen-bond acceptors (Lipinski definition) is 3. The lowest BCUT2D eigenvalue weighted by Gasteiger charge is -2.13. The van der Waals surface area contributed by atoms with Gasteiger partial charge in [0.25, 0.3) is 0 Å². The normalized spacial score (nSPS) is 14.2. The fourth-order valence-corrected chi connectivity index (χ4v) is 2.04. The SMILES string of the molecule is CC(/C(=N/O)c1ccccc1)/[N+]([O-])=C/C=C/c1ccccc1. The van der Waals surface area contributed by atoms with Crippen molar-refractivity contribution < 1.29 is 9.95 Å². The van der Waals surface area contributed by atoms with Gasteiger partial charge in [-0.2, -0.15) is 0 Å². The number of oxime groups is 1. The summed E-state index contributed by atoms with van der Waals surface area (Å²) in [5, 5.41) is 24.6. The van der Waals surface area contributed by atoms with Gasteiger partial charge in [0.15, 0.2) is 11.9 Å². The van der Waals surface area contributed by atoms with Gasteiger partial charge in [0.05, 0.1) is 0 Å². The first-order valence-electron chi connectivity index (χ1n) is 7.02. The zero-order valence-corrected chi connectivity index (χ0v) is 12.3. The number of allylic oxidation sites excluding steroid dienone is 1. The van der Waals surface area contributed by atoms with Crippen LogP contribution in [0.15, 0.2) is 71.9 Å². The molecule has 0 aliphatic rings. The minimum Gasteiger partial charge on any atom is -0.623 e. The predicted octanol–water partition coefficient (Wildman–Crippen LogP) is 3.55. The van der Waals surface area contributed by atoms with Crippen LogP contribution in [0.2, 0.25) is 0 Å². The minimum atomic E-state index is -0.590. The summed E-state index contributed by atoms with van der Waals surface area (Å²) in [4.78, 5) is 0. The first-order valence-corrected chi connectivity index (χ1v) is 7.02. The van der Waals surface area contributed by atoms with Crippen LogP contribution in [0.5, 0.6) is 0 Å². The van der Waals surface area contributed by atoms with Gasteiger partial charge >= 0.3 is 0 Å². The van der Waals surface area contributed by atoms with E-state index in [2.05, 4.69) is 5.16 Å². The highest BCUT2D eigenvalue weighted by Crippen LogP contribution is 2.07. The quantitative estimate of drug-likeness (QED) is 0.301. The van der Waals surface area contributed by atoms with E-state index in [0.717, 1.165) is 15.9 Å². The van der Waals surface area contributed by atoms with Crippen LogP contribution in [0.4, 0.5) is 0 Å². The maximum atomic E-state index is 12.1. The molecule has 0 aromatic heterocycles. The van der Waals surface area contributed by atoms with E-state index in [4.69, 9.17) is 0 Å². The van der Waals surface area contributed by atoms with E-state index in [1.54, 1.807) is 25.1 Å². The zero-order chi connectivity index (χ0) is 15.8. The number of hydrogen-bond donors (Lipinski definition) is 1. The molecule has 0 amide bonds. The van der Waals surface area contributed by atoms with Crippen molar-refractivity contribution in [1.29, 1.82) is 0 Å². The van der Waals surface area contributed by atoms with Crippen molar-refractivity contribution in [3.8, 4) is 0 Å². The Morgan fingerprint density at radius 1 is 1.09 bits per heavy atom. The van der Waals surface area contributed by atoms with E-state index in [1.807, 2.05) is 54.6 Å². The lowest BCUT2D eigenvalue weighted by Crippen LogP contribution is -2.29. The fraction of sp³-hybridized carbons (Fsp3) is 0.111. The molecule has 0 spiro atoms. The molecule has 1 atom stereocenters. The average Bonchev–Trinajstić information content (AvgIpc) is 2.57. The second kappa shape index (κ2) is 7.78. The Morgan fingerprint density at radius 3 is 2.27 bits per heavy atom. The molecule has 0 aliphatic carbocycles. The molecule has 2 rings (SSSR count). The molecule has 0 heterocycles. The Labute approximate surface area is 129 Å². The van der Waals surface area contributed by atoms with E-state index in [1.165, 1.54) is 6.21 Å². The summed E-state index contributed by atoms with van der Waals surface area (Å²) in [6, 6.07) is 18.3. The summed E-state index contributed by atoms with van der Waals surface area (Å²) in [6.07, 6.45) is 4.94. The highest BCUT2D eigenvalue weighted by Gasteiger charge is 2.19. The first-order chi connectivity index (χ1) is 10.7. The molecular formula is C18H18N2O2. The van der Waals surface area contributed by atoms with Gasteiger partial charge in [0, 0.05) is 18.6 Å². The van der Waals surface area contributed by atoms with E-state index >= 15 is 0 Å². The number of rotatable bonds is 5. The van der Waals surface area contributed by atoms with Crippen LogP contribution in [0.1, 0.15) is 18.1 Å². The number of nitrogens with zero attached hydrogens (tertiary/aromatic N) is 2. The van der Waals surface area contributed by atoms with Crippen molar-refractivity contribution in [1.82, 2.24) is 0 Å². The summed E-state index contributed by atoms with van der Waals surface area (Å²) in [7, 11) is 0. The number of benzene rings is 2. The van der Waals surface area contributed by atoms with Crippen LogP contribution in [-0.2, 0) is 0 Å². The van der Waals surface area contributed by atoms with Gasteiger partial charge < -0.3 is 10.4 Å². The van der Waals surface area contributed by atoms with E-state index in [-0.39, 0.29) is 0 Å². The molecule has 22 heavy (non-hydrogen) atoms. The van der Waals surface area contributed by atoms with Crippen LogP contribution in [0.3, 0.4) is 0 Å². The fourth-order valence-electron chi connectivity index (χ4n) is 2.04. The third kappa shape index (κ3) is 4.06. The molecule has 112 valence electrons. The van der Waals surface area contributed by atoms with Crippen molar-refractivity contribution in [2.45, 2.75) is 13.0 Å². The van der Waals surface area contributed by atoms with Crippen LogP contribution >= 0.6 is 0 Å². The second-order valence-corrected chi connectivity index (χ2v) is 4.81. The summed E-state index contributed by atoms with van der Waals surface area (Å²) in [5.41, 5.74) is 2.07. The van der Waals surface area contributed by atoms with Crippen LogP contribution in [0, 0.1) is 5.21 Å². The molecule has 0 bridgehead atoms. The summed E-state index contributed by atoms with van der Waals surface area (Å²) in [6.45, 7) is 1.70. The van der Waals surface area contributed by atoms with Crippen molar-refractivity contribution in [2.24, 2.45) is 5.16 Å². The molecule has 0 aliphatic heterocycles. The van der Waals surface area contributed by atoms with Crippen molar-refractivity contribution in [3.63, 3.8) is 0 Å². The topological polar surface area (TPSA) is 58.7 Å². The van der Waals surface area contributed by atoms with Gasteiger partial charge in [0.2, 0.25) is 6.04 Å². The van der Waals surface area contributed by atoms with E-state index in [0.29, 0.717) is 5.71 Å². The van der Waals surface area contributed by atoms with Gasteiger partial charge in [-0.05, 0) is 11.6 Å². The molecule has 0 saturated carbocycles. The molecule has 4 nitrogen and oxygen atoms in total. The van der Waals surface area contributed by atoms with Crippen LogP contribution in [0.25, 0.3) is 6.08 Å². The van der Waals surface area contributed by atoms with Crippen molar-refractivity contribution >= 4 is 18.0 Å². The van der Waals surface area contributed by atoms with Gasteiger partial charge in [-0.25, -0.2) is 4.74 Å². The van der Waals surface area contributed by atoms with Gasteiger partial charge in [-0.1, -0.05) is 65.8 Å². The maximum Gasteiger partial charge on any atom is 0.206 e. The maximum absolute atomic E-state index is 12.1. The Kier molecular flexibility index (Phi) is 5.49. The molecule has 2 aromatic rings. The molecular weight excluding hydrogens is 276 g/mol. The van der Waals surface area contributed by atoms with E-state index < -0.39 is 6.04 Å². The van der Waals surface area contributed by atoms with Crippen LogP contribution < -0.4 is 0 Å². The Balaban J connectivity index is 2.12. The number of hydroxylamine groups is 1. The minimum absolute atomic E-state index is 0.333. The highest BCUT2D eigenvalue weighted by atomic mass is 16.5. The van der Waals surface area contributed by atoms with Gasteiger partial charge in [-0.3, -0.25) is 0 Å². The molecule has 1 N–H and O–H groups in total. The molecule has 2 aromatic carbocycles. The van der Waals surface area contributed by atoms with Gasteiger partial charge in [0.1, 0.15) is 0 Å². The van der Waals surface area contributed by atoms with Crippen molar-refractivity contribution in [2.75, 3.05) is 0 Å². The monoisotopic (exact) mass is 294 g/mol. The summed E-state index contributed by atoms with van der Waals surface area (Å²) < 4.78 is 0.765. The molecule has 4 heteroatoms. The van der Waals surface area contributed by atoms with E-state index in [9.17, 15) is 10.4 Å². The first kappa shape index (κ1) is 15.5. The lowest BCUT2D eigenvalue weighted by molar-refractivity contribution is -0.471. The molecule has 0 radical (unpaired) electrons. The summed E-state index contributed by atoms with van der Waals surface area (Å²) in [5.74, 6) is 0. The zero-order valence-electron chi connectivity index (χ0n) is 12.3. The summed E-state index contributed by atoms with van der Waals surface area (Å²) >= 11 is 0. The second-order valence-electron chi connectivity index (χ2n) is 4.81. The molecule has 1 unspecified atom stereocenters. The molecule has 0 saturated heterocycles. The van der Waals surface area contributed by atoms with Gasteiger partial charge in [-0.15, -0.1) is 0 Å². The predicted molar refractivity (Wildman–Crippen MR) is 89.4 cm³/mol. The third-order valence-electron chi connectivity index (χ3n) is 3.28. The van der Waals surface area contributed by atoms with Crippen LogP contribution in [-0.4, -0.2) is 27.9 Å². The Hall–Kier alpha value is -2.88. The smallest absolute Gasteiger partial charge is 0.206 e. The third-order valence-corrected chi connectivity index (χ3v) is 3.28.